The van der Waals surface area contributed by atoms with Crippen molar-refractivity contribution in [3.63, 3.8) is 0 Å². The lowest BCUT2D eigenvalue weighted by atomic mass is 10.1. The van der Waals surface area contributed by atoms with Crippen molar-refractivity contribution in [1.29, 1.82) is 0 Å². The van der Waals surface area contributed by atoms with Crippen LogP contribution in [-0.4, -0.2) is 30.9 Å². The van der Waals surface area contributed by atoms with Crippen LogP contribution in [0.3, 0.4) is 0 Å². The fraction of sp³-hybridized carbons (Fsp3) is 0.176. The van der Waals surface area contributed by atoms with E-state index in [0.717, 1.165) is 17.3 Å². The molecule has 1 aliphatic rings. The predicted molar refractivity (Wildman–Crippen MR) is 100 cm³/mol. The van der Waals surface area contributed by atoms with E-state index >= 15 is 0 Å². The summed E-state index contributed by atoms with van der Waals surface area (Å²) >= 11 is 6.95. The molecule has 1 saturated heterocycles. The zero-order chi connectivity index (χ0) is 18.0. The lowest BCUT2D eigenvalue weighted by molar-refractivity contribution is -0.126. The molecule has 8 heteroatoms. The normalized spacial score (nSPS) is 19.6. The van der Waals surface area contributed by atoms with Crippen LogP contribution < -0.4 is 0 Å². The first kappa shape index (κ1) is 18.0. The Bertz CT molecular complexity index is 913. The van der Waals surface area contributed by atoms with Crippen LogP contribution in [0.4, 0.5) is 0 Å². The monoisotopic (exact) mass is 394 g/mol. The molecule has 0 saturated carbocycles. The van der Waals surface area contributed by atoms with Crippen molar-refractivity contribution in [2.75, 3.05) is 6.54 Å². The van der Waals surface area contributed by atoms with Crippen LogP contribution in [0.2, 0.25) is 5.02 Å². The standard InChI is InChI=1S/C17H15ClN2O3S2/c1-2-20-16(21)15(12-6-4-3-5-7-12)24-17(20)19-25(22,23)14-10-8-13(18)9-11-14/h3-11,15H,2H2,1H3/t15-/m0/s1. The summed E-state index contributed by atoms with van der Waals surface area (Å²) in [5.41, 5.74) is 0.824. The summed E-state index contributed by atoms with van der Waals surface area (Å²) in [5, 5.41) is 0.146. The highest BCUT2D eigenvalue weighted by atomic mass is 35.5. The number of carbonyl (C=O) groups excluding carboxylic acids is 1. The van der Waals surface area contributed by atoms with Gasteiger partial charge in [-0.1, -0.05) is 53.7 Å². The van der Waals surface area contributed by atoms with E-state index in [2.05, 4.69) is 4.40 Å². The second-order valence-corrected chi connectivity index (χ2v) is 8.41. The molecule has 0 aliphatic carbocycles. The number of amidine groups is 1. The molecule has 0 N–H and O–H groups in total. The number of rotatable bonds is 4. The summed E-state index contributed by atoms with van der Waals surface area (Å²) < 4.78 is 29.0. The third-order valence-electron chi connectivity index (χ3n) is 3.67. The molecule has 0 bridgehead atoms. The van der Waals surface area contributed by atoms with E-state index in [-0.39, 0.29) is 16.0 Å². The maximum atomic E-state index is 12.6. The maximum Gasteiger partial charge on any atom is 0.284 e. The van der Waals surface area contributed by atoms with Gasteiger partial charge in [-0.3, -0.25) is 9.69 Å². The summed E-state index contributed by atoms with van der Waals surface area (Å²) in [6.07, 6.45) is 0. The Morgan fingerprint density at radius 1 is 1.12 bits per heavy atom. The van der Waals surface area contributed by atoms with Crippen LogP contribution in [0.25, 0.3) is 0 Å². The van der Waals surface area contributed by atoms with Gasteiger partial charge in [0.1, 0.15) is 5.25 Å². The Morgan fingerprint density at radius 3 is 2.36 bits per heavy atom. The second kappa shape index (κ2) is 7.19. The molecule has 1 aliphatic heterocycles. The smallest absolute Gasteiger partial charge is 0.284 e. The zero-order valence-electron chi connectivity index (χ0n) is 13.3. The van der Waals surface area contributed by atoms with Crippen molar-refractivity contribution in [2.24, 2.45) is 4.40 Å². The highest BCUT2D eigenvalue weighted by molar-refractivity contribution is 8.15. The zero-order valence-corrected chi connectivity index (χ0v) is 15.7. The molecular weight excluding hydrogens is 380 g/mol. The number of benzene rings is 2. The molecule has 0 aromatic heterocycles. The summed E-state index contributed by atoms with van der Waals surface area (Å²) in [6.45, 7) is 2.14. The summed E-state index contributed by atoms with van der Waals surface area (Å²) in [6, 6.07) is 15.0. The molecule has 0 spiro atoms. The first-order valence-electron chi connectivity index (χ1n) is 7.56. The number of amides is 1. The number of carbonyl (C=O) groups is 1. The highest BCUT2D eigenvalue weighted by Gasteiger charge is 2.39. The topological polar surface area (TPSA) is 66.8 Å². The molecule has 0 radical (unpaired) electrons. The molecule has 130 valence electrons. The van der Waals surface area contributed by atoms with Crippen molar-refractivity contribution < 1.29 is 13.2 Å². The van der Waals surface area contributed by atoms with Gasteiger partial charge in [-0.2, -0.15) is 8.42 Å². The fourth-order valence-corrected chi connectivity index (χ4v) is 4.98. The fourth-order valence-electron chi connectivity index (χ4n) is 2.42. The predicted octanol–water partition coefficient (Wildman–Crippen LogP) is 3.72. The third-order valence-corrected chi connectivity index (χ3v) is 6.55. The Balaban J connectivity index is 1.96. The van der Waals surface area contributed by atoms with Crippen LogP contribution in [0, 0.1) is 0 Å². The second-order valence-electron chi connectivity index (χ2n) is 5.29. The van der Waals surface area contributed by atoms with Gasteiger partial charge in [0.25, 0.3) is 10.0 Å². The molecule has 25 heavy (non-hydrogen) atoms. The van der Waals surface area contributed by atoms with Crippen molar-refractivity contribution in [2.45, 2.75) is 17.1 Å². The van der Waals surface area contributed by atoms with Gasteiger partial charge in [-0.05, 0) is 36.8 Å². The van der Waals surface area contributed by atoms with Crippen molar-refractivity contribution in [1.82, 2.24) is 4.90 Å². The number of thioether (sulfide) groups is 1. The molecule has 1 atom stereocenters. The SMILES string of the molecule is CCN1C(=O)[C@H](c2ccccc2)SC1=NS(=O)(=O)c1ccc(Cl)cc1. The quantitative estimate of drug-likeness (QED) is 0.792. The van der Waals surface area contributed by atoms with E-state index in [1.165, 1.54) is 29.2 Å². The molecule has 1 heterocycles. The van der Waals surface area contributed by atoms with E-state index < -0.39 is 15.3 Å². The minimum atomic E-state index is -3.92. The van der Waals surface area contributed by atoms with Crippen LogP contribution in [0.5, 0.6) is 0 Å². The molecule has 1 fully saturated rings. The number of nitrogens with zero attached hydrogens (tertiary/aromatic N) is 2. The van der Waals surface area contributed by atoms with Gasteiger partial charge in [-0.25, -0.2) is 0 Å². The molecule has 5 nitrogen and oxygen atoms in total. The van der Waals surface area contributed by atoms with Crippen molar-refractivity contribution in [3.05, 3.63) is 65.2 Å². The van der Waals surface area contributed by atoms with Crippen molar-refractivity contribution >= 4 is 44.5 Å². The van der Waals surface area contributed by atoms with Crippen LogP contribution in [0.1, 0.15) is 17.7 Å². The Labute approximate surface area is 155 Å². The van der Waals surface area contributed by atoms with Gasteiger partial charge in [0.05, 0.1) is 4.90 Å². The average Bonchev–Trinajstić information content (AvgIpc) is 2.91. The van der Waals surface area contributed by atoms with Gasteiger partial charge in [0.15, 0.2) is 5.17 Å². The maximum absolute atomic E-state index is 12.6. The molecule has 0 unspecified atom stereocenters. The minimum absolute atomic E-state index is 0.0386. The highest BCUT2D eigenvalue weighted by Crippen LogP contribution is 2.39. The van der Waals surface area contributed by atoms with Crippen LogP contribution in [-0.2, 0) is 14.8 Å². The number of hydrogen-bond acceptors (Lipinski definition) is 4. The van der Waals surface area contributed by atoms with E-state index in [1.807, 2.05) is 30.3 Å². The molecular formula is C17H15ClN2O3S2. The molecule has 1 amide bonds. The number of hydrogen-bond donors (Lipinski definition) is 0. The van der Waals surface area contributed by atoms with Gasteiger partial charge in [0.2, 0.25) is 5.91 Å². The first-order valence-corrected chi connectivity index (χ1v) is 10.3. The Kier molecular flexibility index (Phi) is 5.17. The lowest BCUT2D eigenvalue weighted by Gasteiger charge is -2.13. The number of sulfonamides is 1. The largest absolute Gasteiger partial charge is 0.290 e. The lowest BCUT2D eigenvalue weighted by Crippen LogP contribution is -2.30. The summed E-state index contributed by atoms with van der Waals surface area (Å²) in [4.78, 5) is 14.1. The summed E-state index contributed by atoms with van der Waals surface area (Å²) in [7, 11) is -3.92. The molecule has 2 aromatic carbocycles. The van der Waals surface area contributed by atoms with E-state index in [4.69, 9.17) is 11.6 Å². The number of halogens is 1. The van der Waals surface area contributed by atoms with Gasteiger partial charge in [0, 0.05) is 11.6 Å². The Morgan fingerprint density at radius 2 is 1.76 bits per heavy atom. The minimum Gasteiger partial charge on any atom is -0.290 e. The van der Waals surface area contributed by atoms with Crippen LogP contribution >= 0.6 is 23.4 Å². The van der Waals surface area contributed by atoms with Gasteiger partial charge < -0.3 is 0 Å². The van der Waals surface area contributed by atoms with Gasteiger partial charge in [-0.15, -0.1) is 4.40 Å². The van der Waals surface area contributed by atoms with Gasteiger partial charge >= 0.3 is 0 Å². The third kappa shape index (κ3) is 3.73. The van der Waals surface area contributed by atoms with Crippen LogP contribution in [0.15, 0.2) is 63.9 Å². The molecule has 3 rings (SSSR count). The Hall–Kier alpha value is -1.83. The summed E-state index contributed by atoms with van der Waals surface area (Å²) in [5.74, 6) is -0.163. The van der Waals surface area contributed by atoms with Crippen molar-refractivity contribution in [3.8, 4) is 0 Å². The molecule has 2 aromatic rings. The van der Waals surface area contributed by atoms with E-state index in [9.17, 15) is 13.2 Å². The number of likely N-dealkylation sites (N-methyl/N-ethyl adjacent to an activating group) is 1. The van der Waals surface area contributed by atoms with E-state index in [0.29, 0.717) is 11.6 Å². The first-order chi connectivity index (χ1) is 11.9. The average molecular weight is 395 g/mol. The van der Waals surface area contributed by atoms with E-state index in [1.54, 1.807) is 6.92 Å².